The minimum Gasteiger partial charge on any atom is -0.375 e. The maximum atomic E-state index is 5.72. The summed E-state index contributed by atoms with van der Waals surface area (Å²) in [4.78, 5) is 8.12. The average Bonchev–Trinajstić information content (AvgIpc) is 2.58. The molecule has 1 aliphatic rings. The third-order valence-corrected chi connectivity index (χ3v) is 4.48. The van der Waals surface area contributed by atoms with E-state index in [2.05, 4.69) is 23.7 Å². The van der Waals surface area contributed by atoms with Crippen LogP contribution in [-0.2, 0) is 6.54 Å². The Morgan fingerprint density at radius 1 is 1.42 bits per heavy atom. The summed E-state index contributed by atoms with van der Waals surface area (Å²) in [5.41, 5.74) is 5.72. The summed E-state index contributed by atoms with van der Waals surface area (Å²) in [7, 11) is 0. The van der Waals surface area contributed by atoms with Crippen molar-refractivity contribution in [1.82, 2.24) is 9.88 Å². The van der Waals surface area contributed by atoms with E-state index in [4.69, 9.17) is 5.73 Å². The number of hydrogen-bond donors (Lipinski definition) is 1. The Labute approximate surface area is 127 Å². The van der Waals surface area contributed by atoms with Crippen molar-refractivity contribution >= 4 is 28.9 Å². The summed E-state index contributed by atoms with van der Waals surface area (Å²) in [6.07, 6.45) is 8.72. The van der Waals surface area contributed by atoms with E-state index in [1.165, 1.54) is 43.5 Å². The predicted octanol–water partition coefficient (Wildman–Crippen LogP) is 3.94. The molecule has 19 heavy (non-hydrogen) atoms. The molecule has 1 fully saturated rings. The van der Waals surface area contributed by atoms with E-state index < -0.39 is 0 Å². The molecular formula is C14H26ClN3S. The summed E-state index contributed by atoms with van der Waals surface area (Å²) in [5, 5.41) is 0.695. The fourth-order valence-corrected chi connectivity index (χ4v) is 3.56. The van der Waals surface area contributed by atoms with Crippen LogP contribution in [0.25, 0.3) is 0 Å². The van der Waals surface area contributed by atoms with Crippen LogP contribution < -0.4 is 5.73 Å². The van der Waals surface area contributed by atoms with Crippen molar-refractivity contribution in [3.05, 3.63) is 11.1 Å². The summed E-state index contributed by atoms with van der Waals surface area (Å²) < 4.78 is 0. The van der Waals surface area contributed by atoms with Gasteiger partial charge in [-0.3, -0.25) is 4.90 Å². The van der Waals surface area contributed by atoms with Gasteiger partial charge < -0.3 is 5.73 Å². The first kappa shape index (κ1) is 16.7. The second kappa shape index (κ2) is 8.08. The van der Waals surface area contributed by atoms with Crippen molar-refractivity contribution in [3.63, 3.8) is 0 Å². The van der Waals surface area contributed by atoms with Crippen LogP contribution in [0, 0.1) is 5.92 Å². The van der Waals surface area contributed by atoms with E-state index in [1.807, 2.05) is 6.20 Å². The highest BCUT2D eigenvalue weighted by Gasteiger charge is 2.22. The molecule has 1 aliphatic heterocycles. The van der Waals surface area contributed by atoms with Crippen LogP contribution in [0.1, 0.15) is 50.8 Å². The molecule has 0 aliphatic carbocycles. The maximum absolute atomic E-state index is 5.72. The molecule has 110 valence electrons. The first-order valence-electron chi connectivity index (χ1n) is 7.09. The predicted molar refractivity (Wildman–Crippen MR) is 85.9 cm³/mol. The van der Waals surface area contributed by atoms with Crippen LogP contribution in [-0.4, -0.2) is 22.5 Å². The average molecular weight is 304 g/mol. The third kappa shape index (κ3) is 5.28. The number of likely N-dealkylation sites (tertiary alicyclic amines) is 1. The monoisotopic (exact) mass is 303 g/mol. The number of aromatic nitrogens is 1. The number of thiazole rings is 1. The van der Waals surface area contributed by atoms with Gasteiger partial charge in [0.1, 0.15) is 0 Å². The normalized spacial score (nSPS) is 21.1. The fourth-order valence-electron chi connectivity index (χ4n) is 2.85. The highest BCUT2D eigenvalue weighted by Crippen LogP contribution is 2.25. The van der Waals surface area contributed by atoms with Crippen molar-refractivity contribution < 1.29 is 0 Å². The van der Waals surface area contributed by atoms with Gasteiger partial charge in [-0.15, -0.1) is 23.7 Å². The molecule has 1 unspecified atom stereocenters. The smallest absolute Gasteiger partial charge is 0.180 e. The molecule has 2 rings (SSSR count). The first-order chi connectivity index (χ1) is 8.65. The van der Waals surface area contributed by atoms with Crippen LogP contribution in [0.15, 0.2) is 6.20 Å². The lowest BCUT2D eigenvalue weighted by molar-refractivity contribution is 0.169. The lowest BCUT2D eigenvalue weighted by Crippen LogP contribution is -2.35. The first-order valence-corrected chi connectivity index (χ1v) is 7.91. The quantitative estimate of drug-likeness (QED) is 0.916. The molecule has 1 aromatic rings. The molecule has 1 atom stereocenters. The Balaban J connectivity index is 0.00000180. The van der Waals surface area contributed by atoms with Gasteiger partial charge in [0.05, 0.1) is 0 Å². The van der Waals surface area contributed by atoms with Crippen molar-refractivity contribution in [3.8, 4) is 0 Å². The topological polar surface area (TPSA) is 42.2 Å². The molecule has 0 amide bonds. The van der Waals surface area contributed by atoms with E-state index in [9.17, 15) is 0 Å². The van der Waals surface area contributed by atoms with Crippen molar-refractivity contribution in [2.24, 2.45) is 5.92 Å². The zero-order valence-electron chi connectivity index (χ0n) is 12.0. The molecular weight excluding hydrogens is 278 g/mol. The molecule has 0 radical (unpaired) electrons. The Bertz CT molecular complexity index is 367. The van der Waals surface area contributed by atoms with Crippen LogP contribution in [0.3, 0.4) is 0 Å². The third-order valence-electron chi connectivity index (χ3n) is 3.67. The van der Waals surface area contributed by atoms with E-state index in [0.717, 1.165) is 18.5 Å². The molecule has 1 aromatic heterocycles. The molecule has 1 saturated heterocycles. The number of nitrogen functional groups attached to an aromatic ring is 1. The van der Waals surface area contributed by atoms with E-state index in [-0.39, 0.29) is 12.4 Å². The highest BCUT2D eigenvalue weighted by atomic mass is 35.5. The zero-order chi connectivity index (χ0) is 13.0. The number of anilines is 1. The van der Waals surface area contributed by atoms with Gasteiger partial charge in [-0.05, 0) is 31.7 Å². The lowest BCUT2D eigenvalue weighted by Gasteiger charge is -2.30. The number of nitrogens with two attached hydrogens (primary N) is 1. The second-order valence-corrected chi connectivity index (χ2v) is 6.91. The minimum absolute atomic E-state index is 0. The van der Waals surface area contributed by atoms with Gasteiger partial charge >= 0.3 is 0 Å². The molecule has 0 spiro atoms. The van der Waals surface area contributed by atoms with Crippen LogP contribution >= 0.6 is 23.7 Å². The molecule has 5 heteroatoms. The SMILES string of the molecule is CC(C)CC1CCCCCN1Cc1cnc(N)s1.Cl. The Morgan fingerprint density at radius 2 is 2.21 bits per heavy atom. The van der Waals surface area contributed by atoms with Gasteiger partial charge in [0.2, 0.25) is 0 Å². The van der Waals surface area contributed by atoms with Gasteiger partial charge in [-0.2, -0.15) is 0 Å². The Hall–Kier alpha value is -0.320. The molecule has 3 nitrogen and oxygen atoms in total. The molecule has 0 saturated carbocycles. The second-order valence-electron chi connectivity index (χ2n) is 5.77. The van der Waals surface area contributed by atoms with Gasteiger partial charge in [-0.1, -0.05) is 26.7 Å². The molecule has 0 aromatic carbocycles. The van der Waals surface area contributed by atoms with Crippen LogP contribution in [0.2, 0.25) is 0 Å². The van der Waals surface area contributed by atoms with Crippen molar-refractivity contribution in [1.29, 1.82) is 0 Å². The standard InChI is InChI=1S/C14H25N3S.ClH/c1-11(2)8-12-6-4-3-5-7-17(12)10-13-9-16-14(15)18-13;/h9,11-12H,3-8,10H2,1-2H3,(H2,15,16);1H. The Kier molecular flexibility index (Phi) is 7.11. The summed E-state index contributed by atoms with van der Waals surface area (Å²) in [5.74, 6) is 0.780. The fraction of sp³-hybridized carbons (Fsp3) is 0.786. The highest BCUT2D eigenvalue weighted by molar-refractivity contribution is 7.15. The summed E-state index contributed by atoms with van der Waals surface area (Å²) in [6, 6.07) is 0.746. The van der Waals surface area contributed by atoms with Gasteiger partial charge in [0.15, 0.2) is 5.13 Å². The van der Waals surface area contributed by atoms with Gasteiger partial charge in [0.25, 0.3) is 0 Å². The van der Waals surface area contributed by atoms with E-state index in [0.29, 0.717) is 5.13 Å². The number of nitrogens with zero attached hydrogens (tertiary/aromatic N) is 2. The molecule has 2 N–H and O–H groups in total. The zero-order valence-corrected chi connectivity index (χ0v) is 13.6. The maximum Gasteiger partial charge on any atom is 0.180 e. The number of hydrogen-bond acceptors (Lipinski definition) is 4. The van der Waals surface area contributed by atoms with Crippen molar-refractivity contribution in [2.75, 3.05) is 12.3 Å². The van der Waals surface area contributed by atoms with Gasteiger partial charge in [-0.25, -0.2) is 4.98 Å². The largest absolute Gasteiger partial charge is 0.375 e. The summed E-state index contributed by atoms with van der Waals surface area (Å²) >= 11 is 1.63. The minimum atomic E-state index is 0. The van der Waals surface area contributed by atoms with E-state index >= 15 is 0 Å². The van der Waals surface area contributed by atoms with Crippen molar-refractivity contribution in [2.45, 2.75) is 58.5 Å². The number of rotatable bonds is 4. The molecule has 2 heterocycles. The van der Waals surface area contributed by atoms with Gasteiger partial charge in [0, 0.05) is 23.7 Å². The Morgan fingerprint density at radius 3 is 2.84 bits per heavy atom. The summed E-state index contributed by atoms with van der Waals surface area (Å²) in [6.45, 7) is 6.92. The van der Waals surface area contributed by atoms with E-state index in [1.54, 1.807) is 11.3 Å². The molecule has 0 bridgehead atoms. The van der Waals surface area contributed by atoms with Crippen LogP contribution in [0.4, 0.5) is 5.13 Å². The van der Waals surface area contributed by atoms with Crippen LogP contribution in [0.5, 0.6) is 0 Å². The number of halogens is 1. The lowest BCUT2D eigenvalue weighted by atomic mass is 9.99.